The van der Waals surface area contributed by atoms with Crippen molar-refractivity contribution in [3.8, 4) is 11.5 Å². The van der Waals surface area contributed by atoms with Gasteiger partial charge in [0.1, 0.15) is 13.2 Å². The lowest BCUT2D eigenvalue weighted by Crippen LogP contribution is -2.17. The predicted octanol–water partition coefficient (Wildman–Crippen LogP) is 3.23. The number of benzene rings is 1. The maximum Gasteiger partial charge on any atom is 0.162 e. The number of hydrogen-bond donors (Lipinski definition) is 1. The van der Waals surface area contributed by atoms with Crippen LogP contribution in [0, 0.1) is 6.92 Å². The van der Waals surface area contributed by atoms with Crippen molar-refractivity contribution >= 4 is 23.1 Å². The van der Waals surface area contributed by atoms with Crippen LogP contribution in [-0.2, 0) is 13.1 Å². The number of thiazole rings is 1. The lowest BCUT2D eigenvalue weighted by atomic mass is 10.2. The second kappa shape index (κ2) is 6.68. The van der Waals surface area contributed by atoms with Gasteiger partial charge in [-0.15, -0.1) is 23.1 Å². The molecule has 2 aromatic rings. The zero-order valence-corrected chi connectivity index (χ0v) is 13.8. The number of aryl methyl sites for hydroxylation is 1. The van der Waals surface area contributed by atoms with Crippen molar-refractivity contribution in [2.45, 2.75) is 24.9 Å². The Morgan fingerprint density at radius 1 is 1.24 bits per heavy atom. The quantitative estimate of drug-likeness (QED) is 0.856. The van der Waals surface area contributed by atoms with E-state index in [0.29, 0.717) is 13.2 Å². The van der Waals surface area contributed by atoms with E-state index in [1.54, 1.807) is 23.1 Å². The molecule has 1 aliphatic rings. The second-order valence-electron chi connectivity index (χ2n) is 4.76. The Kier molecular flexibility index (Phi) is 4.67. The molecule has 0 spiro atoms. The number of fused-ring (bicyclic) bond motifs is 1. The monoisotopic (exact) mass is 322 g/mol. The van der Waals surface area contributed by atoms with Crippen LogP contribution in [0.1, 0.15) is 15.4 Å². The number of thioether (sulfide) groups is 1. The summed E-state index contributed by atoms with van der Waals surface area (Å²) in [4.78, 5) is 6.76. The minimum Gasteiger partial charge on any atom is -0.486 e. The van der Waals surface area contributed by atoms with Crippen molar-refractivity contribution < 1.29 is 9.47 Å². The Labute approximate surface area is 132 Å². The number of nitrogens with zero attached hydrogens (tertiary/aromatic N) is 1. The highest BCUT2D eigenvalue weighted by molar-refractivity contribution is 7.98. The smallest absolute Gasteiger partial charge is 0.162 e. The highest BCUT2D eigenvalue weighted by atomic mass is 32.2. The fraction of sp³-hybridized carbons (Fsp3) is 0.400. The molecule has 0 fully saturated rings. The van der Waals surface area contributed by atoms with Crippen LogP contribution in [0.3, 0.4) is 0 Å². The van der Waals surface area contributed by atoms with E-state index in [1.165, 1.54) is 15.3 Å². The summed E-state index contributed by atoms with van der Waals surface area (Å²) in [5.74, 6) is 1.71. The van der Waals surface area contributed by atoms with E-state index in [9.17, 15) is 0 Å². The molecule has 3 rings (SSSR count). The van der Waals surface area contributed by atoms with Crippen molar-refractivity contribution in [3.05, 3.63) is 33.8 Å². The van der Waals surface area contributed by atoms with Crippen LogP contribution in [0.2, 0.25) is 0 Å². The van der Waals surface area contributed by atoms with Crippen LogP contribution >= 0.6 is 23.1 Å². The Balaban J connectivity index is 1.69. The minimum absolute atomic E-state index is 0.624. The standard InChI is InChI=1S/C15H18N2O2S2/c1-10-17-9-12(21-10)8-16-7-11-5-13-14(6-15(11)20-2)19-4-3-18-13/h5-6,9,16H,3-4,7-8H2,1-2H3. The van der Waals surface area contributed by atoms with E-state index in [-0.39, 0.29) is 0 Å². The minimum atomic E-state index is 0.624. The van der Waals surface area contributed by atoms with Crippen LogP contribution in [-0.4, -0.2) is 24.5 Å². The molecule has 2 heterocycles. The molecule has 6 heteroatoms. The average Bonchev–Trinajstić information content (AvgIpc) is 2.92. The van der Waals surface area contributed by atoms with Crippen LogP contribution in [0.25, 0.3) is 0 Å². The van der Waals surface area contributed by atoms with Gasteiger partial charge >= 0.3 is 0 Å². The zero-order valence-electron chi connectivity index (χ0n) is 12.1. The number of rotatable bonds is 5. The van der Waals surface area contributed by atoms with Crippen molar-refractivity contribution in [2.24, 2.45) is 0 Å². The molecule has 0 saturated carbocycles. The molecule has 112 valence electrons. The Bertz CT molecular complexity index is 628. The summed E-state index contributed by atoms with van der Waals surface area (Å²) in [7, 11) is 0. The Morgan fingerprint density at radius 2 is 2.00 bits per heavy atom. The second-order valence-corrected chi connectivity index (χ2v) is 6.92. The molecule has 0 radical (unpaired) electrons. The van der Waals surface area contributed by atoms with Gasteiger partial charge in [0.25, 0.3) is 0 Å². The zero-order chi connectivity index (χ0) is 14.7. The van der Waals surface area contributed by atoms with Gasteiger partial charge in [0.15, 0.2) is 11.5 Å². The van der Waals surface area contributed by atoms with E-state index in [1.807, 2.05) is 13.1 Å². The van der Waals surface area contributed by atoms with Gasteiger partial charge in [-0.25, -0.2) is 4.98 Å². The Morgan fingerprint density at radius 3 is 2.67 bits per heavy atom. The van der Waals surface area contributed by atoms with Gasteiger partial charge in [-0.1, -0.05) is 0 Å². The molecule has 0 atom stereocenters. The molecule has 1 N–H and O–H groups in total. The lowest BCUT2D eigenvalue weighted by molar-refractivity contribution is 0.171. The molecule has 0 amide bonds. The molecule has 1 aromatic carbocycles. The number of ether oxygens (including phenoxy) is 2. The fourth-order valence-corrected chi connectivity index (χ4v) is 3.63. The fourth-order valence-electron chi connectivity index (χ4n) is 2.25. The first-order chi connectivity index (χ1) is 10.3. The van der Waals surface area contributed by atoms with E-state index in [4.69, 9.17) is 9.47 Å². The van der Waals surface area contributed by atoms with Crippen LogP contribution in [0.5, 0.6) is 11.5 Å². The maximum absolute atomic E-state index is 5.66. The van der Waals surface area contributed by atoms with Crippen molar-refractivity contribution in [1.29, 1.82) is 0 Å². The molecule has 1 aromatic heterocycles. The van der Waals surface area contributed by atoms with E-state index in [0.717, 1.165) is 29.6 Å². The van der Waals surface area contributed by atoms with E-state index in [2.05, 4.69) is 28.7 Å². The molecule has 4 nitrogen and oxygen atoms in total. The third kappa shape index (κ3) is 3.51. The topological polar surface area (TPSA) is 43.4 Å². The van der Waals surface area contributed by atoms with Gasteiger partial charge in [-0.2, -0.15) is 0 Å². The van der Waals surface area contributed by atoms with Gasteiger partial charge in [-0.05, 0) is 30.9 Å². The SMILES string of the molecule is CSc1cc2c(cc1CNCc1cnc(C)s1)OCCO2. The predicted molar refractivity (Wildman–Crippen MR) is 86.6 cm³/mol. The van der Waals surface area contributed by atoms with Gasteiger partial charge in [0.05, 0.1) is 5.01 Å². The first-order valence-electron chi connectivity index (χ1n) is 6.85. The summed E-state index contributed by atoms with van der Waals surface area (Å²) in [6, 6.07) is 4.16. The molecule has 0 unspecified atom stereocenters. The largest absolute Gasteiger partial charge is 0.486 e. The normalized spacial score (nSPS) is 13.4. The van der Waals surface area contributed by atoms with Crippen LogP contribution in [0.4, 0.5) is 0 Å². The number of nitrogens with one attached hydrogen (secondary N) is 1. The molecule has 1 aliphatic heterocycles. The Hall–Kier alpha value is -1.24. The van der Waals surface area contributed by atoms with E-state index >= 15 is 0 Å². The van der Waals surface area contributed by atoms with Crippen LogP contribution in [0.15, 0.2) is 23.2 Å². The third-order valence-electron chi connectivity index (χ3n) is 3.23. The van der Waals surface area contributed by atoms with Gasteiger partial charge in [0, 0.05) is 29.1 Å². The first kappa shape index (κ1) is 14.7. The summed E-state index contributed by atoms with van der Waals surface area (Å²) in [6.45, 7) is 4.93. The van der Waals surface area contributed by atoms with Crippen molar-refractivity contribution in [1.82, 2.24) is 10.3 Å². The lowest BCUT2D eigenvalue weighted by Gasteiger charge is -2.20. The summed E-state index contributed by atoms with van der Waals surface area (Å²) in [5, 5.41) is 4.58. The van der Waals surface area contributed by atoms with Gasteiger partial charge in [-0.3, -0.25) is 0 Å². The van der Waals surface area contributed by atoms with Crippen LogP contribution < -0.4 is 14.8 Å². The average molecular weight is 322 g/mol. The molecular weight excluding hydrogens is 304 g/mol. The summed E-state index contributed by atoms with van der Waals surface area (Å²) in [6.07, 6.45) is 4.02. The maximum atomic E-state index is 5.66. The summed E-state index contributed by atoms with van der Waals surface area (Å²) >= 11 is 3.47. The molecule has 21 heavy (non-hydrogen) atoms. The number of hydrogen-bond acceptors (Lipinski definition) is 6. The third-order valence-corrected chi connectivity index (χ3v) is 4.96. The molecule has 0 saturated heterocycles. The highest BCUT2D eigenvalue weighted by Gasteiger charge is 2.15. The van der Waals surface area contributed by atoms with Crippen molar-refractivity contribution in [2.75, 3.05) is 19.5 Å². The van der Waals surface area contributed by atoms with Gasteiger partial charge in [0.2, 0.25) is 0 Å². The first-order valence-corrected chi connectivity index (χ1v) is 8.89. The highest BCUT2D eigenvalue weighted by Crippen LogP contribution is 2.36. The van der Waals surface area contributed by atoms with E-state index < -0.39 is 0 Å². The molecular formula is C15H18N2O2S2. The summed E-state index contributed by atoms with van der Waals surface area (Å²) < 4.78 is 11.3. The van der Waals surface area contributed by atoms with Crippen molar-refractivity contribution in [3.63, 3.8) is 0 Å². The molecule has 0 bridgehead atoms. The molecule has 0 aliphatic carbocycles. The van der Waals surface area contributed by atoms with Gasteiger partial charge < -0.3 is 14.8 Å². The number of aromatic nitrogens is 1. The summed E-state index contributed by atoms with van der Waals surface area (Å²) in [5.41, 5.74) is 1.24.